The Morgan fingerprint density at radius 2 is 2.06 bits per heavy atom. The number of halogens is 2. The van der Waals surface area contributed by atoms with Crippen LogP contribution in [0.1, 0.15) is 0 Å². The Labute approximate surface area is 104 Å². The standard InChI is InChI=1S/C10H14F2N2O3S/c1-14(6-10(11)12)18(15,16)9-4-3-7(17-2)5-8(9)13/h3-5,10H,6,13H2,1-2H3. The summed E-state index contributed by atoms with van der Waals surface area (Å²) in [5.41, 5.74) is 5.53. The third kappa shape index (κ3) is 3.08. The van der Waals surface area contributed by atoms with E-state index in [0.29, 0.717) is 10.1 Å². The van der Waals surface area contributed by atoms with Gasteiger partial charge in [0.2, 0.25) is 10.0 Å². The molecule has 0 aromatic heterocycles. The normalized spacial score (nSPS) is 12.1. The minimum absolute atomic E-state index is 0.0459. The van der Waals surface area contributed by atoms with Crippen LogP contribution in [0.4, 0.5) is 14.5 Å². The maximum atomic E-state index is 12.2. The number of hydrogen-bond donors (Lipinski definition) is 1. The lowest BCUT2D eigenvalue weighted by molar-refractivity contribution is 0.126. The first-order valence-electron chi connectivity index (χ1n) is 4.97. The fourth-order valence-electron chi connectivity index (χ4n) is 1.35. The molecule has 0 amide bonds. The van der Waals surface area contributed by atoms with Gasteiger partial charge >= 0.3 is 0 Å². The summed E-state index contributed by atoms with van der Waals surface area (Å²) in [4.78, 5) is -0.216. The molecule has 0 spiro atoms. The van der Waals surface area contributed by atoms with E-state index in [9.17, 15) is 17.2 Å². The van der Waals surface area contributed by atoms with Crippen LogP contribution in [0.3, 0.4) is 0 Å². The molecule has 0 unspecified atom stereocenters. The van der Waals surface area contributed by atoms with Crippen LogP contribution in [-0.2, 0) is 10.0 Å². The molecule has 0 aliphatic rings. The minimum atomic E-state index is -4.02. The molecule has 5 nitrogen and oxygen atoms in total. The van der Waals surface area contributed by atoms with Gasteiger partial charge in [-0.2, -0.15) is 4.31 Å². The van der Waals surface area contributed by atoms with Crippen molar-refractivity contribution in [3.05, 3.63) is 18.2 Å². The minimum Gasteiger partial charge on any atom is -0.497 e. The molecule has 1 rings (SSSR count). The van der Waals surface area contributed by atoms with Crippen LogP contribution >= 0.6 is 0 Å². The Kier molecular flexibility index (Phi) is 4.47. The van der Waals surface area contributed by atoms with Crippen molar-refractivity contribution in [1.82, 2.24) is 4.31 Å². The number of nitrogens with two attached hydrogens (primary N) is 1. The molecule has 0 saturated heterocycles. The molecule has 8 heteroatoms. The van der Waals surface area contributed by atoms with Crippen molar-refractivity contribution in [2.45, 2.75) is 11.3 Å². The largest absolute Gasteiger partial charge is 0.497 e. The first kappa shape index (κ1) is 14.7. The molecule has 0 saturated carbocycles. The van der Waals surface area contributed by atoms with Crippen molar-refractivity contribution in [1.29, 1.82) is 0 Å². The van der Waals surface area contributed by atoms with Gasteiger partial charge in [-0.05, 0) is 12.1 Å². The maximum absolute atomic E-state index is 12.2. The molecule has 0 heterocycles. The smallest absolute Gasteiger partial charge is 0.252 e. The molecule has 0 fully saturated rings. The second-order valence-corrected chi connectivity index (χ2v) is 5.59. The van der Waals surface area contributed by atoms with Crippen molar-refractivity contribution in [2.75, 3.05) is 26.4 Å². The molecule has 0 radical (unpaired) electrons. The molecule has 102 valence electrons. The van der Waals surface area contributed by atoms with E-state index in [1.54, 1.807) is 0 Å². The lowest BCUT2D eigenvalue weighted by Gasteiger charge is -2.18. The first-order chi connectivity index (χ1) is 8.28. The van der Waals surface area contributed by atoms with E-state index in [2.05, 4.69) is 0 Å². The second kappa shape index (κ2) is 5.49. The number of nitrogens with zero attached hydrogens (tertiary/aromatic N) is 1. The SMILES string of the molecule is COc1ccc(S(=O)(=O)N(C)CC(F)F)c(N)c1. The molecule has 18 heavy (non-hydrogen) atoms. The van der Waals surface area contributed by atoms with E-state index in [0.717, 1.165) is 7.05 Å². The summed E-state index contributed by atoms with van der Waals surface area (Å²) in [7, 11) is -1.53. The van der Waals surface area contributed by atoms with E-state index in [-0.39, 0.29) is 10.6 Å². The van der Waals surface area contributed by atoms with Crippen LogP contribution in [0.25, 0.3) is 0 Å². The Bertz CT molecular complexity index is 520. The van der Waals surface area contributed by atoms with Crippen LogP contribution in [-0.4, -0.2) is 39.9 Å². The number of sulfonamides is 1. The predicted molar refractivity (Wildman–Crippen MR) is 63.2 cm³/mol. The van der Waals surface area contributed by atoms with Gasteiger partial charge in [-0.15, -0.1) is 0 Å². The average molecular weight is 280 g/mol. The van der Waals surface area contributed by atoms with E-state index >= 15 is 0 Å². The number of alkyl halides is 2. The van der Waals surface area contributed by atoms with Crippen molar-refractivity contribution in [3.63, 3.8) is 0 Å². The average Bonchev–Trinajstić information content (AvgIpc) is 2.27. The summed E-state index contributed by atoms with van der Waals surface area (Å²) in [5.74, 6) is 0.392. The summed E-state index contributed by atoms with van der Waals surface area (Å²) in [6.07, 6.45) is -2.75. The molecule has 0 atom stereocenters. The number of rotatable bonds is 5. The Hall–Kier alpha value is -1.41. The highest BCUT2D eigenvalue weighted by molar-refractivity contribution is 7.89. The predicted octanol–water partition coefficient (Wildman–Crippen LogP) is 1.16. The fourth-order valence-corrected chi connectivity index (χ4v) is 2.59. The van der Waals surface area contributed by atoms with Crippen molar-refractivity contribution in [3.8, 4) is 5.75 Å². The van der Waals surface area contributed by atoms with E-state index in [4.69, 9.17) is 10.5 Å². The van der Waals surface area contributed by atoms with Gasteiger partial charge in [0.15, 0.2) is 0 Å². The lowest BCUT2D eigenvalue weighted by atomic mass is 10.3. The fraction of sp³-hybridized carbons (Fsp3) is 0.400. The highest BCUT2D eigenvalue weighted by atomic mass is 32.2. The zero-order chi connectivity index (χ0) is 13.9. The Balaban J connectivity index is 3.12. The molecule has 2 N–H and O–H groups in total. The Morgan fingerprint density at radius 1 is 1.44 bits per heavy atom. The summed E-state index contributed by atoms with van der Waals surface area (Å²) in [6, 6.07) is 3.95. The molecule has 1 aromatic rings. The van der Waals surface area contributed by atoms with Crippen molar-refractivity contribution < 1.29 is 21.9 Å². The summed E-state index contributed by atoms with van der Waals surface area (Å²) in [6.45, 7) is -0.881. The number of anilines is 1. The van der Waals surface area contributed by atoms with Gasteiger partial charge in [0, 0.05) is 13.1 Å². The van der Waals surface area contributed by atoms with Crippen LogP contribution in [0.5, 0.6) is 5.75 Å². The van der Waals surface area contributed by atoms with Gasteiger partial charge in [-0.1, -0.05) is 0 Å². The lowest BCUT2D eigenvalue weighted by Crippen LogP contribution is -2.31. The zero-order valence-electron chi connectivity index (χ0n) is 9.93. The number of benzene rings is 1. The second-order valence-electron chi connectivity index (χ2n) is 3.58. The maximum Gasteiger partial charge on any atom is 0.252 e. The summed E-state index contributed by atoms with van der Waals surface area (Å²) < 4.78 is 53.8. The monoisotopic (exact) mass is 280 g/mol. The molecule has 0 aliphatic carbocycles. The van der Waals surface area contributed by atoms with Gasteiger partial charge in [-0.3, -0.25) is 0 Å². The highest BCUT2D eigenvalue weighted by Crippen LogP contribution is 2.26. The zero-order valence-corrected chi connectivity index (χ0v) is 10.7. The quantitative estimate of drug-likeness (QED) is 0.822. The molecular weight excluding hydrogens is 266 g/mol. The number of hydrogen-bond acceptors (Lipinski definition) is 4. The molecule has 0 bridgehead atoms. The third-order valence-electron chi connectivity index (χ3n) is 2.30. The van der Waals surface area contributed by atoms with Crippen LogP contribution in [0, 0.1) is 0 Å². The number of methoxy groups -OCH3 is 1. The topological polar surface area (TPSA) is 72.6 Å². The summed E-state index contributed by atoms with van der Waals surface area (Å²) >= 11 is 0. The van der Waals surface area contributed by atoms with Crippen LogP contribution < -0.4 is 10.5 Å². The first-order valence-corrected chi connectivity index (χ1v) is 6.41. The Morgan fingerprint density at radius 3 is 2.50 bits per heavy atom. The molecule has 0 aliphatic heterocycles. The van der Waals surface area contributed by atoms with Gasteiger partial charge in [0.25, 0.3) is 6.43 Å². The van der Waals surface area contributed by atoms with Crippen molar-refractivity contribution >= 4 is 15.7 Å². The van der Waals surface area contributed by atoms with Crippen LogP contribution in [0.15, 0.2) is 23.1 Å². The van der Waals surface area contributed by atoms with Crippen LogP contribution in [0.2, 0.25) is 0 Å². The van der Waals surface area contributed by atoms with Crippen molar-refractivity contribution in [2.24, 2.45) is 0 Å². The third-order valence-corrected chi connectivity index (χ3v) is 4.20. The molecular formula is C10H14F2N2O3S. The summed E-state index contributed by atoms with van der Waals surface area (Å²) in [5, 5.41) is 0. The van der Waals surface area contributed by atoms with E-state index in [1.807, 2.05) is 0 Å². The van der Waals surface area contributed by atoms with Gasteiger partial charge in [0.1, 0.15) is 10.6 Å². The van der Waals surface area contributed by atoms with Gasteiger partial charge in [0.05, 0.1) is 19.3 Å². The van der Waals surface area contributed by atoms with Gasteiger partial charge < -0.3 is 10.5 Å². The van der Waals surface area contributed by atoms with E-state index < -0.39 is 23.0 Å². The van der Waals surface area contributed by atoms with E-state index in [1.165, 1.54) is 25.3 Å². The number of ether oxygens (including phenoxy) is 1. The number of nitrogen functional groups attached to an aromatic ring is 1. The molecule has 1 aromatic carbocycles. The van der Waals surface area contributed by atoms with Gasteiger partial charge in [-0.25, -0.2) is 17.2 Å². The highest BCUT2D eigenvalue weighted by Gasteiger charge is 2.25.